The molecule has 1 aliphatic rings. The number of non-ortho nitro benzene ring substituents is 1. The van der Waals surface area contributed by atoms with Gasteiger partial charge >= 0.3 is 0 Å². The molecule has 2 rings (SSSR count). The summed E-state index contributed by atoms with van der Waals surface area (Å²) in [6, 6.07) is 6.86. The molecular formula is C13H19N3O3. The van der Waals surface area contributed by atoms with Crippen molar-refractivity contribution in [1.29, 1.82) is 0 Å². The first-order valence-electron chi connectivity index (χ1n) is 6.39. The third-order valence-corrected chi connectivity index (χ3v) is 3.67. The summed E-state index contributed by atoms with van der Waals surface area (Å²) in [7, 11) is 1.72. The van der Waals surface area contributed by atoms with E-state index in [2.05, 4.69) is 4.90 Å². The summed E-state index contributed by atoms with van der Waals surface area (Å²) in [6.45, 7) is 1.41. The molecule has 1 aromatic rings. The number of nitrogens with two attached hydrogens (primary N) is 1. The maximum absolute atomic E-state index is 10.6. The lowest BCUT2D eigenvalue weighted by atomic mass is 9.98. The van der Waals surface area contributed by atoms with Gasteiger partial charge in [0.25, 0.3) is 5.69 Å². The maximum Gasteiger partial charge on any atom is 0.269 e. The Balaban J connectivity index is 2.13. The molecule has 6 nitrogen and oxygen atoms in total. The molecule has 2 N–H and O–H groups in total. The van der Waals surface area contributed by atoms with Gasteiger partial charge in [-0.05, 0) is 25.0 Å². The van der Waals surface area contributed by atoms with E-state index in [-0.39, 0.29) is 22.8 Å². The minimum absolute atomic E-state index is 0.111. The molecule has 0 bridgehead atoms. The molecule has 6 heteroatoms. The predicted molar refractivity (Wildman–Crippen MR) is 73.3 cm³/mol. The van der Waals surface area contributed by atoms with Gasteiger partial charge in [-0.15, -0.1) is 0 Å². The average Bonchev–Trinajstić information content (AvgIpc) is 2.46. The van der Waals surface area contributed by atoms with E-state index in [0.717, 1.165) is 25.1 Å². The summed E-state index contributed by atoms with van der Waals surface area (Å²) in [6.07, 6.45) is 2.09. The molecule has 1 aromatic carbocycles. The number of nitro groups is 1. The summed E-state index contributed by atoms with van der Waals surface area (Å²) in [5.41, 5.74) is 6.91. The molecule has 1 aliphatic heterocycles. The third-order valence-electron chi connectivity index (χ3n) is 3.67. The monoisotopic (exact) mass is 265 g/mol. The van der Waals surface area contributed by atoms with E-state index in [1.165, 1.54) is 12.1 Å². The van der Waals surface area contributed by atoms with Crippen LogP contribution in [0.4, 0.5) is 11.4 Å². The molecule has 2 atom stereocenters. The smallest absolute Gasteiger partial charge is 0.269 e. The van der Waals surface area contributed by atoms with Crippen molar-refractivity contribution in [2.24, 2.45) is 5.73 Å². The van der Waals surface area contributed by atoms with E-state index < -0.39 is 0 Å². The highest BCUT2D eigenvalue weighted by Crippen LogP contribution is 2.27. The fraction of sp³-hybridized carbons (Fsp3) is 0.538. The van der Waals surface area contributed by atoms with Crippen molar-refractivity contribution in [2.45, 2.75) is 25.0 Å². The van der Waals surface area contributed by atoms with Gasteiger partial charge in [0.15, 0.2) is 0 Å². The second kappa shape index (κ2) is 5.99. The second-order valence-electron chi connectivity index (χ2n) is 4.74. The van der Waals surface area contributed by atoms with Gasteiger partial charge in [0.1, 0.15) is 0 Å². The van der Waals surface area contributed by atoms with Crippen LogP contribution in [0.5, 0.6) is 0 Å². The Morgan fingerprint density at radius 3 is 2.68 bits per heavy atom. The van der Waals surface area contributed by atoms with Gasteiger partial charge in [-0.25, -0.2) is 0 Å². The average molecular weight is 265 g/mol. The van der Waals surface area contributed by atoms with Gasteiger partial charge in [0, 0.05) is 44.1 Å². The Hall–Kier alpha value is -1.66. The van der Waals surface area contributed by atoms with Gasteiger partial charge in [-0.2, -0.15) is 0 Å². The van der Waals surface area contributed by atoms with E-state index in [1.807, 2.05) is 0 Å². The van der Waals surface area contributed by atoms with Crippen LogP contribution in [-0.4, -0.2) is 37.3 Å². The number of nitro benzene ring substituents is 1. The van der Waals surface area contributed by atoms with Crippen molar-refractivity contribution in [3.63, 3.8) is 0 Å². The first kappa shape index (κ1) is 13.8. The molecule has 1 fully saturated rings. The van der Waals surface area contributed by atoms with Crippen LogP contribution in [0.15, 0.2) is 24.3 Å². The van der Waals surface area contributed by atoms with Crippen molar-refractivity contribution in [3.8, 4) is 0 Å². The Bertz CT molecular complexity index is 435. The van der Waals surface area contributed by atoms with Crippen LogP contribution in [0.3, 0.4) is 0 Å². The third kappa shape index (κ3) is 3.02. The van der Waals surface area contributed by atoms with E-state index in [9.17, 15) is 10.1 Å². The van der Waals surface area contributed by atoms with Crippen LogP contribution in [0.2, 0.25) is 0 Å². The normalized spacial score (nSPS) is 23.4. The Kier molecular flexibility index (Phi) is 4.34. The topological polar surface area (TPSA) is 81.6 Å². The van der Waals surface area contributed by atoms with Crippen LogP contribution in [0.25, 0.3) is 0 Å². The second-order valence-corrected chi connectivity index (χ2v) is 4.74. The highest BCUT2D eigenvalue weighted by Gasteiger charge is 2.27. The molecule has 104 valence electrons. The minimum Gasteiger partial charge on any atom is -0.381 e. The highest BCUT2D eigenvalue weighted by atomic mass is 16.6. The van der Waals surface area contributed by atoms with Crippen molar-refractivity contribution in [1.82, 2.24) is 0 Å². The van der Waals surface area contributed by atoms with Gasteiger partial charge in [-0.3, -0.25) is 10.1 Å². The Labute approximate surface area is 112 Å². The molecule has 1 heterocycles. The number of nitrogens with zero attached hydrogens (tertiary/aromatic N) is 2. The number of hydrogen-bond acceptors (Lipinski definition) is 5. The Morgan fingerprint density at radius 2 is 2.16 bits per heavy atom. The highest BCUT2D eigenvalue weighted by molar-refractivity contribution is 5.52. The molecule has 0 aliphatic carbocycles. The number of rotatable bonds is 4. The van der Waals surface area contributed by atoms with Gasteiger partial charge in [0.2, 0.25) is 0 Å². The lowest BCUT2D eigenvalue weighted by molar-refractivity contribution is -0.384. The minimum atomic E-state index is -0.388. The van der Waals surface area contributed by atoms with Crippen molar-refractivity contribution >= 4 is 11.4 Å². The van der Waals surface area contributed by atoms with Crippen LogP contribution in [0, 0.1) is 10.1 Å². The van der Waals surface area contributed by atoms with Crippen LogP contribution >= 0.6 is 0 Å². The molecule has 0 radical (unpaired) electrons. The molecule has 1 saturated heterocycles. The molecule has 0 aromatic heterocycles. The van der Waals surface area contributed by atoms with Gasteiger partial charge < -0.3 is 15.4 Å². The van der Waals surface area contributed by atoms with Crippen LogP contribution in [-0.2, 0) is 4.74 Å². The molecular weight excluding hydrogens is 246 g/mol. The standard InChI is InChI=1S/C13H19N3O3/c1-19-13-6-7-15(12(8-13)9-14)10-2-4-11(5-3-10)16(17)18/h2-5,12-13H,6-9,14H2,1H3. The summed E-state index contributed by atoms with van der Waals surface area (Å²) in [5, 5.41) is 10.6. The van der Waals surface area contributed by atoms with Gasteiger partial charge in [-0.1, -0.05) is 0 Å². The Morgan fingerprint density at radius 1 is 1.47 bits per heavy atom. The summed E-state index contributed by atoms with van der Waals surface area (Å²) in [4.78, 5) is 12.5. The molecule has 19 heavy (non-hydrogen) atoms. The first-order chi connectivity index (χ1) is 9.15. The lowest BCUT2D eigenvalue weighted by Crippen LogP contribution is -2.48. The van der Waals surface area contributed by atoms with Crippen LogP contribution in [0.1, 0.15) is 12.8 Å². The summed E-state index contributed by atoms with van der Waals surface area (Å²) in [5.74, 6) is 0. The molecule has 0 spiro atoms. The number of hydrogen-bond donors (Lipinski definition) is 1. The molecule has 2 unspecified atom stereocenters. The fourth-order valence-electron chi connectivity index (χ4n) is 2.56. The molecule has 0 saturated carbocycles. The largest absolute Gasteiger partial charge is 0.381 e. The zero-order chi connectivity index (χ0) is 13.8. The van der Waals surface area contributed by atoms with E-state index in [1.54, 1.807) is 19.2 Å². The number of benzene rings is 1. The number of ether oxygens (including phenoxy) is 1. The predicted octanol–water partition coefficient (Wildman–Crippen LogP) is 1.54. The van der Waals surface area contributed by atoms with E-state index >= 15 is 0 Å². The van der Waals surface area contributed by atoms with Crippen molar-refractivity contribution in [3.05, 3.63) is 34.4 Å². The quantitative estimate of drug-likeness (QED) is 0.659. The van der Waals surface area contributed by atoms with E-state index in [4.69, 9.17) is 10.5 Å². The summed E-state index contributed by atoms with van der Waals surface area (Å²) < 4.78 is 5.39. The zero-order valence-corrected chi connectivity index (χ0v) is 11.0. The summed E-state index contributed by atoms with van der Waals surface area (Å²) >= 11 is 0. The zero-order valence-electron chi connectivity index (χ0n) is 11.0. The maximum atomic E-state index is 10.6. The van der Waals surface area contributed by atoms with Crippen molar-refractivity contribution in [2.75, 3.05) is 25.1 Å². The van der Waals surface area contributed by atoms with Gasteiger partial charge in [0.05, 0.1) is 11.0 Å². The fourth-order valence-corrected chi connectivity index (χ4v) is 2.56. The molecule has 0 amide bonds. The van der Waals surface area contributed by atoms with Crippen LogP contribution < -0.4 is 10.6 Å². The first-order valence-corrected chi connectivity index (χ1v) is 6.39. The SMILES string of the molecule is COC1CCN(c2ccc([N+](=O)[O-])cc2)C(CN)C1. The lowest BCUT2D eigenvalue weighted by Gasteiger charge is -2.40. The number of piperidine rings is 1. The number of anilines is 1. The van der Waals surface area contributed by atoms with E-state index in [0.29, 0.717) is 6.54 Å². The van der Waals surface area contributed by atoms with Crippen molar-refractivity contribution < 1.29 is 9.66 Å². The number of methoxy groups -OCH3 is 1.